The fraction of sp³-hybridized carbons (Fsp3) is 0.812. The van der Waals surface area contributed by atoms with E-state index in [9.17, 15) is 0 Å². The minimum atomic E-state index is 0.555. The summed E-state index contributed by atoms with van der Waals surface area (Å²) in [6, 6.07) is 0.792. The summed E-state index contributed by atoms with van der Waals surface area (Å²) in [6.07, 6.45) is 8.09. The first-order valence-electron chi connectivity index (χ1n) is 7.73. The van der Waals surface area contributed by atoms with Gasteiger partial charge in [-0.25, -0.2) is 4.98 Å². The van der Waals surface area contributed by atoms with E-state index < -0.39 is 0 Å². The van der Waals surface area contributed by atoms with Gasteiger partial charge in [0.25, 0.3) is 0 Å². The number of nitrogens with one attached hydrogen (secondary N) is 1. The second kappa shape index (κ2) is 5.17. The summed E-state index contributed by atoms with van der Waals surface area (Å²) in [4.78, 5) is 6.32. The lowest BCUT2D eigenvalue weighted by Crippen LogP contribution is -2.20. The molecule has 1 aromatic heterocycles. The predicted molar refractivity (Wildman–Crippen MR) is 81.7 cm³/mol. The van der Waals surface area contributed by atoms with Crippen LogP contribution in [0.25, 0.3) is 0 Å². The molecule has 1 heterocycles. The Morgan fingerprint density at radius 1 is 1.21 bits per heavy atom. The number of rotatable bonds is 4. The minimum Gasteiger partial charge on any atom is -0.309 e. The van der Waals surface area contributed by atoms with Crippen LogP contribution < -0.4 is 5.32 Å². The number of aryl methyl sites for hydroxylation is 1. The molecule has 0 spiro atoms. The Kier molecular flexibility index (Phi) is 3.69. The highest BCUT2D eigenvalue weighted by Crippen LogP contribution is 2.43. The van der Waals surface area contributed by atoms with E-state index in [1.54, 1.807) is 0 Å². The minimum absolute atomic E-state index is 0.555. The van der Waals surface area contributed by atoms with E-state index in [0.29, 0.717) is 5.41 Å². The van der Waals surface area contributed by atoms with E-state index in [1.807, 2.05) is 11.3 Å². The van der Waals surface area contributed by atoms with Crippen LogP contribution in [0, 0.1) is 12.3 Å². The van der Waals surface area contributed by atoms with E-state index in [4.69, 9.17) is 4.98 Å². The number of aromatic nitrogens is 1. The van der Waals surface area contributed by atoms with E-state index in [0.717, 1.165) is 18.5 Å². The molecule has 2 fully saturated rings. The number of hydrogen-bond donors (Lipinski definition) is 1. The van der Waals surface area contributed by atoms with Crippen LogP contribution in [0.1, 0.15) is 73.9 Å². The van der Waals surface area contributed by atoms with Gasteiger partial charge in [0.05, 0.1) is 10.7 Å². The van der Waals surface area contributed by atoms with Gasteiger partial charge in [-0.2, -0.15) is 0 Å². The summed E-state index contributed by atoms with van der Waals surface area (Å²) < 4.78 is 0. The maximum absolute atomic E-state index is 4.86. The molecule has 0 aliphatic heterocycles. The third-order valence-electron chi connectivity index (χ3n) is 4.73. The molecule has 0 unspecified atom stereocenters. The Labute approximate surface area is 121 Å². The van der Waals surface area contributed by atoms with Crippen molar-refractivity contribution >= 4 is 11.3 Å². The van der Waals surface area contributed by atoms with Crippen molar-refractivity contribution in [2.24, 2.45) is 5.41 Å². The molecule has 2 aliphatic carbocycles. The fourth-order valence-corrected chi connectivity index (χ4v) is 4.15. The largest absolute Gasteiger partial charge is 0.309 e. The van der Waals surface area contributed by atoms with Gasteiger partial charge in [0.2, 0.25) is 0 Å². The Morgan fingerprint density at radius 3 is 2.53 bits per heavy atom. The van der Waals surface area contributed by atoms with Gasteiger partial charge < -0.3 is 5.32 Å². The van der Waals surface area contributed by atoms with E-state index in [-0.39, 0.29) is 0 Å². The van der Waals surface area contributed by atoms with Crippen molar-refractivity contribution < 1.29 is 0 Å². The first-order chi connectivity index (χ1) is 9.03. The molecule has 1 aromatic rings. The molecule has 0 aromatic carbocycles. The van der Waals surface area contributed by atoms with Gasteiger partial charge in [0, 0.05) is 23.4 Å². The first kappa shape index (κ1) is 13.6. The fourth-order valence-electron chi connectivity index (χ4n) is 2.96. The van der Waals surface area contributed by atoms with Crippen molar-refractivity contribution in [1.29, 1.82) is 0 Å². The predicted octanol–water partition coefficient (Wildman–Crippen LogP) is 4.39. The monoisotopic (exact) mass is 278 g/mol. The molecule has 0 bridgehead atoms. The summed E-state index contributed by atoms with van der Waals surface area (Å²) in [5.74, 6) is 0.728. The van der Waals surface area contributed by atoms with Crippen molar-refractivity contribution in [3.8, 4) is 0 Å². The Morgan fingerprint density at radius 2 is 1.89 bits per heavy atom. The van der Waals surface area contributed by atoms with E-state index in [1.165, 1.54) is 54.1 Å². The van der Waals surface area contributed by atoms with Crippen LogP contribution in [0.15, 0.2) is 0 Å². The van der Waals surface area contributed by atoms with Crippen molar-refractivity contribution in [3.05, 3.63) is 15.6 Å². The van der Waals surface area contributed by atoms with Crippen molar-refractivity contribution in [2.45, 2.75) is 77.8 Å². The molecule has 0 saturated heterocycles. The standard InChI is InChI=1S/C16H26N2S/c1-11-14(10-17-13-4-5-13)19-15(18-11)12-6-8-16(2,3)9-7-12/h12-13,17H,4-10H2,1-3H3. The van der Waals surface area contributed by atoms with Gasteiger partial charge in [-0.05, 0) is 50.9 Å². The van der Waals surface area contributed by atoms with Crippen molar-refractivity contribution in [3.63, 3.8) is 0 Å². The molecular formula is C16H26N2S. The summed E-state index contributed by atoms with van der Waals surface area (Å²) in [7, 11) is 0. The van der Waals surface area contributed by atoms with Crippen LogP contribution >= 0.6 is 11.3 Å². The third kappa shape index (κ3) is 3.38. The maximum atomic E-state index is 4.86. The molecule has 3 heteroatoms. The molecule has 106 valence electrons. The van der Waals surface area contributed by atoms with Crippen LogP contribution in [0.3, 0.4) is 0 Å². The summed E-state index contributed by atoms with van der Waals surface area (Å²) in [5, 5.41) is 5.02. The Balaban J connectivity index is 1.62. The van der Waals surface area contributed by atoms with Gasteiger partial charge >= 0.3 is 0 Å². The molecule has 2 aliphatic rings. The van der Waals surface area contributed by atoms with Crippen LogP contribution in [-0.2, 0) is 6.54 Å². The second-order valence-corrected chi connectivity index (χ2v) is 8.27. The number of nitrogens with zero attached hydrogens (tertiary/aromatic N) is 1. The normalized spacial score (nSPS) is 23.7. The van der Waals surface area contributed by atoms with Gasteiger partial charge in [-0.1, -0.05) is 13.8 Å². The molecular weight excluding hydrogens is 252 g/mol. The van der Waals surface area contributed by atoms with Gasteiger partial charge in [0.1, 0.15) is 0 Å². The van der Waals surface area contributed by atoms with Gasteiger partial charge in [0.15, 0.2) is 0 Å². The maximum Gasteiger partial charge on any atom is 0.0962 e. The van der Waals surface area contributed by atoms with Gasteiger partial charge in [-0.15, -0.1) is 11.3 Å². The average molecular weight is 278 g/mol. The average Bonchev–Trinajstić information content (AvgIpc) is 3.11. The quantitative estimate of drug-likeness (QED) is 0.883. The summed E-state index contributed by atoms with van der Waals surface area (Å²) in [6.45, 7) is 8.02. The summed E-state index contributed by atoms with van der Waals surface area (Å²) >= 11 is 1.96. The lowest BCUT2D eigenvalue weighted by molar-refractivity contribution is 0.224. The molecule has 0 amide bonds. The number of hydrogen-bond acceptors (Lipinski definition) is 3. The lowest BCUT2D eigenvalue weighted by Gasteiger charge is -2.33. The summed E-state index contributed by atoms with van der Waals surface area (Å²) in [5.41, 5.74) is 1.82. The van der Waals surface area contributed by atoms with Crippen molar-refractivity contribution in [2.75, 3.05) is 0 Å². The Hall–Kier alpha value is -0.410. The molecule has 3 rings (SSSR count). The van der Waals surface area contributed by atoms with E-state index in [2.05, 4.69) is 26.1 Å². The lowest BCUT2D eigenvalue weighted by atomic mass is 9.73. The topological polar surface area (TPSA) is 24.9 Å². The zero-order valence-corrected chi connectivity index (χ0v) is 13.3. The molecule has 19 heavy (non-hydrogen) atoms. The highest BCUT2D eigenvalue weighted by molar-refractivity contribution is 7.11. The zero-order valence-electron chi connectivity index (χ0n) is 12.5. The highest BCUT2D eigenvalue weighted by atomic mass is 32.1. The van der Waals surface area contributed by atoms with E-state index >= 15 is 0 Å². The van der Waals surface area contributed by atoms with Crippen LogP contribution in [0.2, 0.25) is 0 Å². The molecule has 0 radical (unpaired) electrons. The molecule has 0 atom stereocenters. The molecule has 2 saturated carbocycles. The third-order valence-corrected chi connectivity index (χ3v) is 6.05. The van der Waals surface area contributed by atoms with Gasteiger partial charge in [-0.3, -0.25) is 0 Å². The molecule has 1 N–H and O–H groups in total. The van der Waals surface area contributed by atoms with Crippen LogP contribution in [0.5, 0.6) is 0 Å². The SMILES string of the molecule is Cc1nc(C2CCC(C)(C)CC2)sc1CNC1CC1. The Bertz CT molecular complexity index is 436. The second-order valence-electron chi connectivity index (χ2n) is 7.15. The van der Waals surface area contributed by atoms with Crippen molar-refractivity contribution in [1.82, 2.24) is 10.3 Å². The van der Waals surface area contributed by atoms with Crippen LogP contribution in [0.4, 0.5) is 0 Å². The zero-order chi connectivity index (χ0) is 13.5. The first-order valence-corrected chi connectivity index (χ1v) is 8.55. The molecule has 2 nitrogen and oxygen atoms in total. The smallest absolute Gasteiger partial charge is 0.0962 e. The highest BCUT2D eigenvalue weighted by Gasteiger charge is 2.29. The number of thiazole rings is 1. The van der Waals surface area contributed by atoms with Crippen LogP contribution in [-0.4, -0.2) is 11.0 Å².